The molecule has 0 amide bonds. The van der Waals surface area contributed by atoms with Gasteiger partial charge in [-0.15, -0.1) is 0 Å². The van der Waals surface area contributed by atoms with Crippen LogP contribution in [0.2, 0.25) is 0 Å². The van der Waals surface area contributed by atoms with Crippen molar-refractivity contribution in [2.24, 2.45) is 0 Å². The van der Waals surface area contributed by atoms with E-state index in [0.717, 1.165) is 32.8 Å². The van der Waals surface area contributed by atoms with Crippen molar-refractivity contribution in [1.82, 2.24) is 15.1 Å². The smallest absolute Gasteiger partial charge is 0.0628 e. The van der Waals surface area contributed by atoms with Crippen LogP contribution in [0.5, 0.6) is 0 Å². The fourth-order valence-corrected chi connectivity index (χ4v) is 2.70. The van der Waals surface area contributed by atoms with E-state index < -0.39 is 0 Å². The number of methoxy groups -OCH3 is 1. The van der Waals surface area contributed by atoms with Gasteiger partial charge in [-0.1, -0.05) is 6.92 Å². The van der Waals surface area contributed by atoms with Crippen molar-refractivity contribution in [3.05, 3.63) is 0 Å². The summed E-state index contributed by atoms with van der Waals surface area (Å²) in [6, 6.07) is 1.74. The number of nitrogens with one attached hydrogen (secondary N) is 1. The van der Waals surface area contributed by atoms with Gasteiger partial charge < -0.3 is 10.1 Å². The third kappa shape index (κ3) is 4.84. The van der Waals surface area contributed by atoms with E-state index in [9.17, 15) is 0 Å². The van der Waals surface area contributed by atoms with Crippen LogP contribution in [0.15, 0.2) is 0 Å². The molecule has 1 fully saturated rings. The van der Waals surface area contributed by atoms with E-state index in [1.807, 2.05) is 0 Å². The summed E-state index contributed by atoms with van der Waals surface area (Å²) in [5, 5.41) is 3.58. The molecule has 0 spiro atoms. The van der Waals surface area contributed by atoms with Gasteiger partial charge in [0.05, 0.1) is 6.61 Å². The van der Waals surface area contributed by atoms with Crippen LogP contribution in [0.4, 0.5) is 0 Å². The molecule has 1 saturated heterocycles. The Balaban J connectivity index is 2.42. The average molecular weight is 257 g/mol. The molecule has 0 saturated carbocycles. The molecule has 1 aliphatic heterocycles. The maximum atomic E-state index is 5.32. The minimum Gasteiger partial charge on any atom is -0.383 e. The van der Waals surface area contributed by atoms with Gasteiger partial charge in [0.2, 0.25) is 0 Å². The fraction of sp³-hybridized carbons (Fsp3) is 1.00. The van der Waals surface area contributed by atoms with Crippen LogP contribution in [0.25, 0.3) is 0 Å². The lowest BCUT2D eigenvalue weighted by molar-refractivity contribution is 0.0454. The lowest BCUT2D eigenvalue weighted by Crippen LogP contribution is -2.57. The summed E-state index contributed by atoms with van der Waals surface area (Å²) in [5.41, 5.74) is 0. The molecule has 18 heavy (non-hydrogen) atoms. The Kier molecular flexibility index (Phi) is 7.15. The second kappa shape index (κ2) is 8.10. The van der Waals surface area contributed by atoms with E-state index in [1.165, 1.54) is 6.42 Å². The van der Waals surface area contributed by atoms with Gasteiger partial charge >= 0.3 is 0 Å². The van der Waals surface area contributed by atoms with Crippen LogP contribution >= 0.6 is 0 Å². The molecule has 4 heteroatoms. The SMILES string of the molecule is CCCNC(COC)CN1CC(C)N(C)C(C)C1. The molecule has 0 bridgehead atoms. The fourth-order valence-electron chi connectivity index (χ4n) is 2.70. The van der Waals surface area contributed by atoms with E-state index in [1.54, 1.807) is 7.11 Å². The lowest BCUT2D eigenvalue weighted by atomic mass is 10.1. The van der Waals surface area contributed by atoms with Crippen molar-refractivity contribution in [3.8, 4) is 0 Å². The Labute approximate surface area is 113 Å². The summed E-state index contributed by atoms with van der Waals surface area (Å²) in [4.78, 5) is 5.04. The first-order valence-corrected chi connectivity index (χ1v) is 7.25. The van der Waals surface area contributed by atoms with E-state index in [2.05, 4.69) is 42.9 Å². The first kappa shape index (κ1) is 15.9. The molecule has 0 aromatic heterocycles. The lowest BCUT2D eigenvalue weighted by Gasteiger charge is -2.43. The van der Waals surface area contributed by atoms with Gasteiger partial charge in [0.25, 0.3) is 0 Å². The minimum absolute atomic E-state index is 0.456. The minimum atomic E-state index is 0.456. The highest BCUT2D eigenvalue weighted by molar-refractivity contribution is 4.85. The van der Waals surface area contributed by atoms with Crippen LogP contribution in [0.3, 0.4) is 0 Å². The summed E-state index contributed by atoms with van der Waals surface area (Å²) < 4.78 is 5.32. The summed E-state index contributed by atoms with van der Waals surface area (Å²) in [6.45, 7) is 12.1. The molecule has 0 aromatic rings. The van der Waals surface area contributed by atoms with Crippen molar-refractivity contribution in [2.45, 2.75) is 45.3 Å². The number of ether oxygens (including phenoxy) is 1. The van der Waals surface area contributed by atoms with E-state index in [-0.39, 0.29) is 0 Å². The largest absolute Gasteiger partial charge is 0.383 e. The highest BCUT2D eigenvalue weighted by atomic mass is 16.5. The molecule has 1 N–H and O–H groups in total. The quantitative estimate of drug-likeness (QED) is 0.737. The third-order valence-corrected chi connectivity index (χ3v) is 3.96. The van der Waals surface area contributed by atoms with E-state index >= 15 is 0 Å². The zero-order valence-corrected chi connectivity index (χ0v) is 12.8. The van der Waals surface area contributed by atoms with Crippen molar-refractivity contribution < 1.29 is 4.74 Å². The second-order valence-electron chi connectivity index (χ2n) is 5.69. The van der Waals surface area contributed by atoms with Crippen molar-refractivity contribution in [1.29, 1.82) is 0 Å². The maximum absolute atomic E-state index is 5.32. The Bertz CT molecular complexity index is 213. The molecule has 0 radical (unpaired) electrons. The summed E-state index contributed by atoms with van der Waals surface area (Å²) >= 11 is 0. The van der Waals surface area contributed by atoms with Gasteiger partial charge in [0, 0.05) is 44.9 Å². The highest BCUT2D eigenvalue weighted by Gasteiger charge is 2.27. The molecular formula is C14H31N3O. The first-order valence-electron chi connectivity index (χ1n) is 7.25. The van der Waals surface area contributed by atoms with Crippen molar-refractivity contribution >= 4 is 0 Å². The Hall–Kier alpha value is -0.160. The van der Waals surface area contributed by atoms with E-state index in [0.29, 0.717) is 18.1 Å². The standard InChI is InChI=1S/C14H31N3O/c1-6-7-15-14(11-18-5)10-17-8-12(2)16(4)13(3)9-17/h12-15H,6-11H2,1-5H3. The summed E-state index contributed by atoms with van der Waals surface area (Å²) in [6.07, 6.45) is 1.18. The normalized spacial score (nSPS) is 28.5. The van der Waals surface area contributed by atoms with E-state index in [4.69, 9.17) is 4.74 Å². The number of hydrogen-bond acceptors (Lipinski definition) is 4. The Morgan fingerprint density at radius 3 is 2.39 bits per heavy atom. The monoisotopic (exact) mass is 257 g/mol. The molecule has 3 unspecified atom stereocenters. The van der Waals surface area contributed by atoms with Crippen LogP contribution < -0.4 is 5.32 Å². The maximum Gasteiger partial charge on any atom is 0.0628 e. The zero-order chi connectivity index (χ0) is 13.5. The van der Waals surface area contributed by atoms with Crippen LogP contribution in [0.1, 0.15) is 27.2 Å². The van der Waals surface area contributed by atoms with Gasteiger partial charge in [-0.3, -0.25) is 9.80 Å². The molecule has 1 rings (SSSR count). The molecular weight excluding hydrogens is 226 g/mol. The first-order chi connectivity index (χ1) is 8.58. The van der Waals surface area contributed by atoms with Gasteiger partial charge in [0.15, 0.2) is 0 Å². The number of nitrogens with zero attached hydrogens (tertiary/aromatic N) is 2. The Morgan fingerprint density at radius 2 is 1.89 bits per heavy atom. The number of piperazine rings is 1. The van der Waals surface area contributed by atoms with Gasteiger partial charge in [-0.05, 0) is 33.9 Å². The van der Waals surface area contributed by atoms with Gasteiger partial charge in [0.1, 0.15) is 0 Å². The Morgan fingerprint density at radius 1 is 1.28 bits per heavy atom. The predicted octanol–water partition coefficient (Wildman–Crippen LogP) is 1.03. The molecule has 0 aliphatic carbocycles. The van der Waals surface area contributed by atoms with Crippen LogP contribution in [-0.4, -0.2) is 74.9 Å². The number of rotatable bonds is 7. The second-order valence-corrected chi connectivity index (χ2v) is 5.69. The molecule has 3 atom stereocenters. The van der Waals surface area contributed by atoms with Crippen molar-refractivity contribution in [3.63, 3.8) is 0 Å². The number of likely N-dealkylation sites (N-methyl/N-ethyl adjacent to an activating group) is 1. The topological polar surface area (TPSA) is 27.7 Å². The highest BCUT2D eigenvalue weighted by Crippen LogP contribution is 2.13. The predicted molar refractivity (Wildman–Crippen MR) is 77.1 cm³/mol. The molecule has 108 valence electrons. The average Bonchev–Trinajstić information content (AvgIpc) is 2.33. The molecule has 4 nitrogen and oxygen atoms in total. The van der Waals surface area contributed by atoms with Crippen LogP contribution in [-0.2, 0) is 4.74 Å². The van der Waals surface area contributed by atoms with Crippen molar-refractivity contribution in [2.75, 3.05) is 46.9 Å². The zero-order valence-electron chi connectivity index (χ0n) is 12.8. The van der Waals surface area contributed by atoms with Gasteiger partial charge in [-0.25, -0.2) is 0 Å². The molecule has 0 aromatic carbocycles. The van der Waals surface area contributed by atoms with Crippen LogP contribution in [0, 0.1) is 0 Å². The third-order valence-electron chi connectivity index (χ3n) is 3.96. The number of hydrogen-bond donors (Lipinski definition) is 1. The molecule has 1 heterocycles. The van der Waals surface area contributed by atoms with Gasteiger partial charge in [-0.2, -0.15) is 0 Å². The summed E-state index contributed by atoms with van der Waals surface area (Å²) in [5.74, 6) is 0. The molecule has 1 aliphatic rings. The summed E-state index contributed by atoms with van der Waals surface area (Å²) in [7, 11) is 4.02.